The molecule has 35 heavy (non-hydrogen) atoms. The third kappa shape index (κ3) is 7.72. The van der Waals surface area contributed by atoms with Gasteiger partial charge in [0.05, 0.1) is 46.0 Å². The van der Waals surface area contributed by atoms with E-state index in [0.717, 1.165) is 23.9 Å². The number of carbonyl (C=O) groups excluding carboxylic acids is 2. The number of ether oxygens (including phenoxy) is 4. The molecule has 0 bridgehead atoms. The Morgan fingerprint density at radius 1 is 0.714 bits per heavy atom. The Morgan fingerprint density at radius 3 is 1.40 bits per heavy atom. The highest BCUT2D eigenvalue weighted by Gasteiger charge is 2.22. The minimum absolute atomic E-state index is 0.320. The van der Waals surface area contributed by atoms with Crippen LogP contribution in [0.2, 0.25) is 0 Å². The van der Waals surface area contributed by atoms with Gasteiger partial charge in [0.25, 0.3) is 0 Å². The van der Waals surface area contributed by atoms with Gasteiger partial charge in [-0.3, -0.25) is 9.59 Å². The van der Waals surface area contributed by atoms with Crippen LogP contribution in [0.4, 0.5) is 0 Å². The summed E-state index contributed by atoms with van der Waals surface area (Å²) in [7, 11) is 9.46. The normalized spacial score (nSPS) is 10.2. The SMILES string of the molecule is COc1ccc(OC)c(C(=S)N(C)SC(=O)CC(=O)SN(C)C(=S)c2cc(OC)ccc2OC)c1. The van der Waals surface area contributed by atoms with Crippen LogP contribution in [-0.2, 0) is 9.59 Å². The topological polar surface area (TPSA) is 77.5 Å². The number of carbonyl (C=O) groups is 2. The Balaban J connectivity index is 2.00. The molecule has 0 fully saturated rings. The molecule has 2 rings (SSSR count). The van der Waals surface area contributed by atoms with E-state index in [-0.39, 0.29) is 16.7 Å². The molecule has 0 spiro atoms. The molecule has 2 aromatic carbocycles. The second kappa shape index (κ2) is 13.5. The van der Waals surface area contributed by atoms with Crippen LogP contribution in [0.5, 0.6) is 23.0 Å². The van der Waals surface area contributed by atoms with Gasteiger partial charge in [0.1, 0.15) is 33.0 Å². The number of benzene rings is 2. The summed E-state index contributed by atoms with van der Waals surface area (Å²) in [5.74, 6) is 2.30. The van der Waals surface area contributed by atoms with Crippen molar-refractivity contribution in [2.24, 2.45) is 0 Å². The van der Waals surface area contributed by atoms with Gasteiger partial charge in [-0.2, -0.15) is 0 Å². The van der Waals surface area contributed by atoms with Crippen molar-refractivity contribution in [1.82, 2.24) is 8.61 Å². The van der Waals surface area contributed by atoms with E-state index in [4.69, 9.17) is 43.4 Å². The van der Waals surface area contributed by atoms with Crippen LogP contribution >= 0.6 is 48.3 Å². The molecule has 0 N–H and O–H groups in total. The maximum atomic E-state index is 12.6. The minimum atomic E-state index is -0.368. The number of hydrogen-bond acceptors (Lipinski definition) is 10. The quantitative estimate of drug-likeness (QED) is 0.264. The zero-order valence-corrected chi connectivity index (χ0v) is 23.4. The standard InChI is InChI=1S/C23H26N2O6S4/c1-24(22(32)16-11-14(28-3)7-9-18(16)30-5)34-20(26)13-21(27)35-25(2)23(33)17-12-15(29-4)8-10-19(17)31-6/h7-12H,13H2,1-6H3. The summed E-state index contributed by atoms with van der Waals surface area (Å²) in [5.41, 5.74) is 1.20. The van der Waals surface area contributed by atoms with E-state index >= 15 is 0 Å². The van der Waals surface area contributed by atoms with Crippen molar-refractivity contribution in [3.63, 3.8) is 0 Å². The predicted octanol–water partition coefficient (Wildman–Crippen LogP) is 4.38. The third-order valence-corrected chi connectivity index (χ3v) is 7.44. The van der Waals surface area contributed by atoms with Crippen LogP contribution in [0.3, 0.4) is 0 Å². The second-order valence-electron chi connectivity index (χ2n) is 6.84. The van der Waals surface area contributed by atoms with E-state index < -0.39 is 0 Å². The first-order valence-electron chi connectivity index (χ1n) is 10.1. The van der Waals surface area contributed by atoms with Crippen LogP contribution in [0.1, 0.15) is 17.5 Å². The number of hydrogen-bond donors (Lipinski definition) is 0. The lowest BCUT2D eigenvalue weighted by molar-refractivity contribution is -0.118. The average molecular weight is 555 g/mol. The molecule has 2 aromatic rings. The molecule has 12 heteroatoms. The molecule has 0 amide bonds. The van der Waals surface area contributed by atoms with Crippen LogP contribution in [-0.4, -0.2) is 71.4 Å². The van der Waals surface area contributed by atoms with E-state index in [9.17, 15) is 9.59 Å². The lowest BCUT2D eigenvalue weighted by Crippen LogP contribution is -2.24. The maximum Gasteiger partial charge on any atom is 0.217 e. The largest absolute Gasteiger partial charge is 0.497 e. The van der Waals surface area contributed by atoms with Crippen molar-refractivity contribution < 1.29 is 28.5 Å². The van der Waals surface area contributed by atoms with Gasteiger partial charge in [-0.05, 0) is 36.4 Å². The number of thiocarbonyl (C=S) groups is 2. The molecular formula is C23H26N2O6S4. The Labute approximate surface area is 224 Å². The minimum Gasteiger partial charge on any atom is -0.497 e. The maximum absolute atomic E-state index is 12.6. The van der Waals surface area contributed by atoms with Gasteiger partial charge in [0, 0.05) is 38.0 Å². The molecule has 0 radical (unpaired) electrons. The second-order valence-corrected chi connectivity index (χ2v) is 9.99. The number of methoxy groups -OCH3 is 4. The van der Waals surface area contributed by atoms with Gasteiger partial charge in [-0.1, -0.05) is 24.4 Å². The molecule has 0 unspecified atom stereocenters. The van der Waals surface area contributed by atoms with Crippen LogP contribution in [0.25, 0.3) is 0 Å². The highest BCUT2D eigenvalue weighted by Crippen LogP contribution is 2.30. The van der Waals surface area contributed by atoms with Gasteiger partial charge in [-0.25, -0.2) is 0 Å². The van der Waals surface area contributed by atoms with E-state index in [0.29, 0.717) is 44.1 Å². The lowest BCUT2D eigenvalue weighted by atomic mass is 10.2. The van der Waals surface area contributed by atoms with Gasteiger partial charge in [0.15, 0.2) is 0 Å². The first kappa shape index (κ1) is 28.7. The molecule has 0 saturated carbocycles. The molecule has 0 atom stereocenters. The van der Waals surface area contributed by atoms with Crippen molar-refractivity contribution in [2.45, 2.75) is 6.42 Å². The van der Waals surface area contributed by atoms with Crippen LogP contribution in [0.15, 0.2) is 36.4 Å². The van der Waals surface area contributed by atoms with Crippen molar-refractivity contribution in [1.29, 1.82) is 0 Å². The number of nitrogens with zero attached hydrogens (tertiary/aromatic N) is 2. The molecule has 8 nitrogen and oxygen atoms in total. The summed E-state index contributed by atoms with van der Waals surface area (Å²) in [6.07, 6.45) is -0.320. The summed E-state index contributed by atoms with van der Waals surface area (Å²) >= 11 is 12.7. The molecule has 0 saturated heterocycles. The smallest absolute Gasteiger partial charge is 0.217 e. The first-order chi connectivity index (χ1) is 16.6. The number of rotatable bonds is 8. The zero-order chi connectivity index (χ0) is 26.1. The molecule has 0 aliphatic rings. The van der Waals surface area contributed by atoms with Crippen molar-refractivity contribution >= 4 is 68.5 Å². The van der Waals surface area contributed by atoms with Crippen molar-refractivity contribution in [3.8, 4) is 23.0 Å². The highest BCUT2D eigenvalue weighted by molar-refractivity contribution is 8.14. The zero-order valence-electron chi connectivity index (χ0n) is 20.1. The van der Waals surface area contributed by atoms with Gasteiger partial charge in [-0.15, -0.1) is 0 Å². The van der Waals surface area contributed by atoms with E-state index in [1.54, 1.807) is 64.7 Å². The summed E-state index contributed by atoms with van der Waals surface area (Å²) in [5, 5.41) is -0.736. The van der Waals surface area contributed by atoms with Gasteiger partial charge >= 0.3 is 0 Å². The fraction of sp³-hybridized carbons (Fsp3) is 0.304. The Hall–Kier alpha value is -2.54. The Morgan fingerprint density at radius 2 is 1.09 bits per heavy atom. The van der Waals surface area contributed by atoms with Gasteiger partial charge < -0.3 is 27.6 Å². The fourth-order valence-electron chi connectivity index (χ4n) is 2.87. The Bertz CT molecular complexity index is 1030. The van der Waals surface area contributed by atoms with Crippen molar-refractivity contribution in [2.75, 3.05) is 42.5 Å². The van der Waals surface area contributed by atoms with E-state index in [1.165, 1.54) is 22.8 Å². The third-order valence-electron chi connectivity index (χ3n) is 4.61. The summed E-state index contributed by atoms with van der Waals surface area (Å²) in [6, 6.07) is 10.4. The molecule has 0 aliphatic heterocycles. The average Bonchev–Trinajstić information content (AvgIpc) is 2.86. The lowest BCUT2D eigenvalue weighted by Gasteiger charge is -2.21. The van der Waals surface area contributed by atoms with Crippen molar-refractivity contribution in [3.05, 3.63) is 47.5 Å². The summed E-state index contributed by atoms with van der Waals surface area (Å²) in [6.45, 7) is 0. The molecule has 0 aromatic heterocycles. The molecule has 0 aliphatic carbocycles. The first-order valence-corrected chi connectivity index (χ1v) is 12.4. The van der Waals surface area contributed by atoms with Crippen LogP contribution < -0.4 is 18.9 Å². The highest BCUT2D eigenvalue weighted by atomic mass is 32.2. The Kier molecular flexibility index (Phi) is 11.1. The van der Waals surface area contributed by atoms with Crippen LogP contribution in [0, 0.1) is 0 Å². The van der Waals surface area contributed by atoms with E-state index in [2.05, 4.69) is 0 Å². The van der Waals surface area contributed by atoms with E-state index in [1.807, 2.05) is 0 Å². The fourth-order valence-corrected chi connectivity index (χ4v) is 4.87. The molecule has 188 valence electrons. The summed E-state index contributed by atoms with van der Waals surface area (Å²) < 4.78 is 24.3. The molecular weight excluding hydrogens is 529 g/mol. The predicted molar refractivity (Wildman–Crippen MR) is 148 cm³/mol. The molecule has 0 heterocycles. The van der Waals surface area contributed by atoms with Gasteiger partial charge in [0.2, 0.25) is 10.2 Å². The summed E-state index contributed by atoms with van der Waals surface area (Å²) in [4.78, 5) is 25.9. The monoisotopic (exact) mass is 554 g/mol.